The lowest BCUT2D eigenvalue weighted by molar-refractivity contribution is 0.250. The number of rotatable bonds is 5. The van der Waals surface area contributed by atoms with Crippen LogP contribution in [0.3, 0.4) is 0 Å². The first-order chi connectivity index (χ1) is 12.5. The van der Waals surface area contributed by atoms with Crippen LogP contribution in [0.2, 0.25) is 0 Å². The van der Waals surface area contributed by atoms with Crippen LogP contribution >= 0.6 is 12.2 Å². The minimum absolute atomic E-state index is 0.00576. The number of carbonyl (C=O) groups is 1. The predicted molar refractivity (Wildman–Crippen MR) is 103 cm³/mol. The van der Waals surface area contributed by atoms with Crippen molar-refractivity contribution in [2.24, 2.45) is 0 Å². The molecule has 0 fully saturated rings. The molecule has 0 saturated heterocycles. The smallest absolute Gasteiger partial charge is 0.329 e. The Bertz CT molecular complexity index is 768. The van der Waals surface area contributed by atoms with Crippen molar-refractivity contribution in [2.45, 2.75) is 26.2 Å². The molecule has 0 heterocycles. The number of thiocarbonyl (C=S) groups is 1. The summed E-state index contributed by atoms with van der Waals surface area (Å²) in [5.74, 6) is -1.48. The number of hydrogen-bond donors (Lipinski definition) is 4. The van der Waals surface area contributed by atoms with Gasteiger partial charge in [-0.25, -0.2) is 19.0 Å². The highest BCUT2D eigenvalue weighted by atomic mass is 32.1. The van der Waals surface area contributed by atoms with Crippen LogP contribution in [0.4, 0.5) is 25.0 Å². The van der Waals surface area contributed by atoms with Crippen LogP contribution in [-0.4, -0.2) is 11.1 Å². The zero-order valence-electron chi connectivity index (χ0n) is 14.2. The number of halogens is 2. The molecule has 0 aliphatic heterocycles. The summed E-state index contributed by atoms with van der Waals surface area (Å²) in [6.07, 6.45) is 3.25. The third-order valence-electron chi connectivity index (χ3n) is 3.50. The van der Waals surface area contributed by atoms with E-state index in [1.54, 1.807) is 0 Å². The molecular weight excluding hydrogens is 358 g/mol. The van der Waals surface area contributed by atoms with E-state index in [0.29, 0.717) is 5.69 Å². The van der Waals surface area contributed by atoms with Crippen molar-refractivity contribution in [3.8, 4) is 0 Å². The Balaban J connectivity index is 1.78. The lowest BCUT2D eigenvalue weighted by Crippen LogP contribution is -2.45. The molecular formula is C18H20F2N4OS. The maximum atomic E-state index is 13.5. The number of amides is 2. The summed E-state index contributed by atoms with van der Waals surface area (Å²) >= 11 is 4.94. The second-order valence-corrected chi connectivity index (χ2v) is 5.99. The second-order valence-electron chi connectivity index (χ2n) is 5.58. The lowest BCUT2D eigenvalue weighted by atomic mass is 10.1. The highest BCUT2D eigenvalue weighted by Crippen LogP contribution is 2.14. The van der Waals surface area contributed by atoms with Crippen LogP contribution in [-0.2, 0) is 6.42 Å². The van der Waals surface area contributed by atoms with Gasteiger partial charge in [0.15, 0.2) is 5.11 Å². The van der Waals surface area contributed by atoms with Crippen LogP contribution in [0.5, 0.6) is 0 Å². The molecule has 0 atom stereocenters. The van der Waals surface area contributed by atoms with Gasteiger partial charge in [0.1, 0.15) is 11.6 Å². The summed E-state index contributed by atoms with van der Waals surface area (Å²) in [5.41, 5.74) is 6.60. The molecule has 8 heteroatoms. The molecule has 0 aromatic heterocycles. The van der Waals surface area contributed by atoms with E-state index in [1.807, 2.05) is 24.3 Å². The lowest BCUT2D eigenvalue weighted by Gasteiger charge is -2.13. The van der Waals surface area contributed by atoms with Crippen molar-refractivity contribution >= 4 is 34.7 Å². The van der Waals surface area contributed by atoms with Crippen molar-refractivity contribution in [3.05, 3.63) is 59.7 Å². The number of benzene rings is 2. The number of unbranched alkanes of at least 4 members (excludes halogenated alkanes) is 1. The van der Waals surface area contributed by atoms with Crippen molar-refractivity contribution in [1.29, 1.82) is 0 Å². The molecule has 0 aliphatic rings. The molecule has 0 unspecified atom stereocenters. The molecule has 2 aromatic rings. The monoisotopic (exact) mass is 378 g/mol. The van der Waals surface area contributed by atoms with Crippen molar-refractivity contribution < 1.29 is 13.6 Å². The zero-order chi connectivity index (χ0) is 18.9. The molecule has 2 aromatic carbocycles. The fourth-order valence-corrected chi connectivity index (χ4v) is 2.32. The number of aryl methyl sites for hydroxylation is 1. The van der Waals surface area contributed by atoms with Crippen LogP contribution in [0, 0.1) is 11.6 Å². The van der Waals surface area contributed by atoms with Gasteiger partial charge in [-0.05, 0) is 54.9 Å². The van der Waals surface area contributed by atoms with Gasteiger partial charge < -0.3 is 10.6 Å². The molecule has 0 bridgehead atoms. The van der Waals surface area contributed by atoms with Crippen LogP contribution < -0.4 is 21.5 Å². The number of carbonyl (C=O) groups excluding carboxylic acids is 1. The Labute approximate surface area is 156 Å². The van der Waals surface area contributed by atoms with Crippen LogP contribution in [0.15, 0.2) is 42.5 Å². The van der Waals surface area contributed by atoms with Gasteiger partial charge in [-0.3, -0.25) is 5.43 Å². The summed E-state index contributed by atoms with van der Waals surface area (Å²) in [4.78, 5) is 11.8. The number of anilines is 2. The first kappa shape index (κ1) is 19.6. The van der Waals surface area contributed by atoms with E-state index < -0.39 is 17.7 Å². The van der Waals surface area contributed by atoms with Gasteiger partial charge in [-0.1, -0.05) is 25.5 Å². The topological polar surface area (TPSA) is 65.2 Å². The first-order valence-electron chi connectivity index (χ1n) is 8.16. The summed E-state index contributed by atoms with van der Waals surface area (Å²) in [5, 5.41) is 5.12. The fourth-order valence-electron chi connectivity index (χ4n) is 2.16. The van der Waals surface area contributed by atoms with E-state index in [0.717, 1.165) is 31.4 Å². The molecule has 4 N–H and O–H groups in total. The number of hydrazine groups is 1. The molecule has 0 spiro atoms. The molecule has 26 heavy (non-hydrogen) atoms. The summed E-state index contributed by atoms with van der Waals surface area (Å²) < 4.78 is 26.4. The Kier molecular flexibility index (Phi) is 7.28. The highest BCUT2D eigenvalue weighted by molar-refractivity contribution is 7.80. The van der Waals surface area contributed by atoms with Gasteiger partial charge in [0.25, 0.3) is 0 Å². The first-order valence-corrected chi connectivity index (χ1v) is 8.56. The minimum Gasteiger partial charge on any atom is -0.329 e. The number of urea groups is 1. The van der Waals surface area contributed by atoms with E-state index in [4.69, 9.17) is 12.2 Å². The largest absolute Gasteiger partial charge is 0.337 e. The van der Waals surface area contributed by atoms with Crippen LogP contribution in [0.1, 0.15) is 25.3 Å². The number of nitrogens with one attached hydrogen (secondary N) is 4. The molecule has 138 valence electrons. The molecule has 5 nitrogen and oxygen atoms in total. The molecule has 2 rings (SSSR count). The number of hydrogen-bond acceptors (Lipinski definition) is 2. The molecule has 0 saturated carbocycles. The quantitative estimate of drug-likeness (QED) is 0.462. The SMILES string of the molecule is CCCCc1ccc(NC(=O)NNC(=S)Nc2ccc(F)cc2F)cc1. The minimum atomic E-state index is -0.790. The Morgan fingerprint density at radius 2 is 1.77 bits per heavy atom. The van der Waals surface area contributed by atoms with Crippen LogP contribution in [0.25, 0.3) is 0 Å². The van der Waals surface area contributed by atoms with E-state index >= 15 is 0 Å². The maximum absolute atomic E-state index is 13.5. The van der Waals surface area contributed by atoms with Gasteiger partial charge in [-0.2, -0.15) is 0 Å². The average Bonchev–Trinajstić information content (AvgIpc) is 2.62. The van der Waals surface area contributed by atoms with E-state index in [-0.39, 0.29) is 10.8 Å². The average molecular weight is 378 g/mol. The van der Waals surface area contributed by atoms with Gasteiger partial charge in [0, 0.05) is 11.8 Å². The van der Waals surface area contributed by atoms with E-state index in [9.17, 15) is 13.6 Å². The van der Waals surface area contributed by atoms with Gasteiger partial charge in [-0.15, -0.1) is 0 Å². The van der Waals surface area contributed by atoms with Crippen molar-refractivity contribution in [2.75, 3.05) is 10.6 Å². The predicted octanol–water partition coefficient (Wildman–Crippen LogP) is 4.33. The fraction of sp³-hybridized carbons (Fsp3) is 0.222. The van der Waals surface area contributed by atoms with Gasteiger partial charge >= 0.3 is 6.03 Å². The highest BCUT2D eigenvalue weighted by Gasteiger charge is 2.07. The Hall–Kier alpha value is -2.74. The Morgan fingerprint density at radius 3 is 2.42 bits per heavy atom. The van der Waals surface area contributed by atoms with Gasteiger partial charge in [0.05, 0.1) is 5.69 Å². The summed E-state index contributed by atoms with van der Waals surface area (Å²) in [6.45, 7) is 2.14. The van der Waals surface area contributed by atoms with E-state index in [1.165, 1.54) is 11.6 Å². The maximum Gasteiger partial charge on any atom is 0.337 e. The molecule has 0 radical (unpaired) electrons. The summed E-state index contributed by atoms with van der Waals surface area (Å²) in [7, 11) is 0. The third-order valence-corrected chi connectivity index (χ3v) is 3.70. The summed E-state index contributed by atoms with van der Waals surface area (Å²) in [6, 6.07) is 10.1. The zero-order valence-corrected chi connectivity index (χ0v) is 15.1. The molecule has 2 amide bonds. The van der Waals surface area contributed by atoms with Crippen molar-refractivity contribution in [3.63, 3.8) is 0 Å². The third kappa shape index (κ3) is 6.29. The Morgan fingerprint density at radius 1 is 1.04 bits per heavy atom. The molecule has 0 aliphatic carbocycles. The van der Waals surface area contributed by atoms with E-state index in [2.05, 4.69) is 28.4 Å². The van der Waals surface area contributed by atoms with Gasteiger partial charge in [0.2, 0.25) is 0 Å². The second kappa shape index (κ2) is 9.67. The van der Waals surface area contributed by atoms with Crippen molar-refractivity contribution in [1.82, 2.24) is 10.9 Å². The standard InChI is InChI=1S/C18H20F2N4OS/c1-2-3-4-12-5-8-14(9-6-12)21-17(25)23-24-18(26)22-16-10-7-13(19)11-15(16)20/h5-11H,2-4H2,1H3,(H2,21,23,25)(H2,22,24,26). The normalized spacial score (nSPS) is 10.1.